The Hall–Kier alpha value is -0.640. The van der Waals surface area contributed by atoms with Gasteiger partial charge in [-0.05, 0) is 40.8 Å². The Morgan fingerprint density at radius 1 is 1.00 bits per heavy atom. The molecule has 0 amide bonds. The van der Waals surface area contributed by atoms with Crippen LogP contribution in [-0.4, -0.2) is 5.51 Å². The van der Waals surface area contributed by atoms with E-state index in [1.165, 1.54) is 0 Å². The topological polar surface area (TPSA) is 0 Å². The zero-order valence-electron chi connectivity index (χ0n) is 10.4. The van der Waals surface area contributed by atoms with E-state index in [0.29, 0.717) is 10.8 Å². The second-order valence-electron chi connectivity index (χ2n) is 4.65. The van der Waals surface area contributed by atoms with Gasteiger partial charge < -0.3 is 0 Å². The lowest BCUT2D eigenvalue weighted by Crippen LogP contribution is -2.03. The van der Waals surface area contributed by atoms with Crippen LogP contribution in [0.2, 0.25) is 0 Å². The van der Waals surface area contributed by atoms with Crippen LogP contribution < -0.4 is 0 Å². The molecule has 0 aliphatic rings. The number of benzene rings is 1. The van der Waals surface area contributed by atoms with Crippen molar-refractivity contribution in [3.05, 3.63) is 29.3 Å². The molecule has 0 heterocycles. The van der Waals surface area contributed by atoms with Gasteiger partial charge in [-0.15, -0.1) is 0 Å². The first-order valence-electron chi connectivity index (χ1n) is 5.60. The van der Waals surface area contributed by atoms with Crippen molar-refractivity contribution >= 4 is 11.8 Å². The summed E-state index contributed by atoms with van der Waals surface area (Å²) < 4.78 is 37.2. The largest absolute Gasteiger partial charge is 0.446 e. The van der Waals surface area contributed by atoms with Gasteiger partial charge in [-0.3, -0.25) is 0 Å². The molecule has 0 unspecified atom stereocenters. The van der Waals surface area contributed by atoms with Crippen molar-refractivity contribution in [2.75, 3.05) is 0 Å². The van der Waals surface area contributed by atoms with Crippen molar-refractivity contribution in [1.29, 1.82) is 0 Å². The van der Waals surface area contributed by atoms with Gasteiger partial charge in [-0.2, -0.15) is 13.2 Å². The Morgan fingerprint density at radius 3 is 2.00 bits per heavy atom. The van der Waals surface area contributed by atoms with Crippen molar-refractivity contribution in [1.82, 2.24) is 0 Å². The maximum atomic E-state index is 12.4. The Bertz CT molecular complexity index is 381. The molecule has 96 valence electrons. The Balaban J connectivity index is 3.13. The third-order valence-electron chi connectivity index (χ3n) is 2.55. The van der Waals surface area contributed by atoms with Crippen molar-refractivity contribution < 1.29 is 13.2 Å². The standard InChI is InChI=1S/C13H17F3S/c1-8(2)10-5-6-12(17-13(14,15)16)11(7-10)9(3)4/h5-9H,1-4H3. The highest BCUT2D eigenvalue weighted by Gasteiger charge is 2.30. The molecular formula is C13H17F3S. The van der Waals surface area contributed by atoms with Gasteiger partial charge in [0.1, 0.15) is 0 Å². The average Bonchev–Trinajstić information content (AvgIpc) is 2.14. The third kappa shape index (κ3) is 4.26. The van der Waals surface area contributed by atoms with E-state index in [9.17, 15) is 13.2 Å². The quantitative estimate of drug-likeness (QED) is 0.644. The van der Waals surface area contributed by atoms with Crippen LogP contribution in [-0.2, 0) is 0 Å². The first-order chi connectivity index (χ1) is 7.70. The third-order valence-corrected chi connectivity index (χ3v) is 3.37. The Kier molecular flexibility index (Phi) is 4.53. The second-order valence-corrected chi connectivity index (χ2v) is 5.76. The van der Waals surface area contributed by atoms with Crippen molar-refractivity contribution in [2.45, 2.75) is 49.9 Å². The molecule has 0 aliphatic heterocycles. The summed E-state index contributed by atoms with van der Waals surface area (Å²) in [6, 6.07) is 5.26. The van der Waals surface area contributed by atoms with Gasteiger partial charge in [0.15, 0.2) is 0 Å². The minimum atomic E-state index is -4.22. The number of hydrogen-bond donors (Lipinski definition) is 0. The summed E-state index contributed by atoms with van der Waals surface area (Å²) in [4.78, 5) is 0.317. The molecule has 1 aromatic rings. The van der Waals surface area contributed by atoms with E-state index in [1.807, 2.05) is 33.8 Å². The molecule has 0 nitrogen and oxygen atoms in total. The number of thioether (sulfide) groups is 1. The maximum absolute atomic E-state index is 12.4. The highest BCUT2D eigenvalue weighted by Crippen LogP contribution is 2.41. The number of alkyl halides is 3. The molecular weight excluding hydrogens is 245 g/mol. The molecule has 0 atom stereocenters. The minimum absolute atomic E-state index is 0.0239. The van der Waals surface area contributed by atoms with Crippen LogP contribution >= 0.6 is 11.8 Å². The predicted molar refractivity (Wildman–Crippen MR) is 66.5 cm³/mol. The van der Waals surface area contributed by atoms with Crippen LogP contribution in [0.3, 0.4) is 0 Å². The molecule has 4 heteroatoms. The van der Waals surface area contributed by atoms with Gasteiger partial charge >= 0.3 is 5.51 Å². The van der Waals surface area contributed by atoms with E-state index in [4.69, 9.17) is 0 Å². The molecule has 0 bridgehead atoms. The maximum Gasteiger partial charge on any atom is 0.446 e. The van der Waals surface area contributed by atoms with E-state index in [-0.39, 0.29) is 17.7 Å². The Morgan fingerprint density at radius 2 is 1.59 bits per heavy atom. The van der Waals surface area contributed by atoms with Gasteiger partial charge in [0.25, 0.3) is 0 Å². The van der Waals surface area contributed by atoms with Crippen LogP contribution in [0.5, 0.6) is 0 Å². The van der Waals surface area contributed by atoms with E-state index >= 15 is 0 Å². The van der Waals surface area contributed by atoms with Crippen molar-refractivity contribution in [2.24, 2.45) is 0 Å². The summed E-state index contributed by atoms with van der Waals surface area (Å²) in [5, 5.41) is 0. The molecule has 0 saturated heterocycles. The lowest BCUT2D eigenvalue weighted by molar-refractivity contribution is -0.0328. The number of hydrogen-bond acceptors (Lipinski definition) is 1. The minimum Gasteiger partial charge on any atom is -0.160 e. The zero-order chi connectivity index (χ0) is 13.2. The molecule has 1 rings (SSSR count). The van der Waals surface area contributed by atoms with E-state index < -0.39 is 5.51 Å². The van der Waals surface area contributed by atoms with Crippen LogP contribution in [0.1, 0.15) is 50.7 Å². The zero-order valence-corrected chi connectivity index (χ0v) is 11.2. The highest BCUT2D eigenvalue weighted by molar-refractivity contribution is 8.00. The summed E-state index contributed by atoms with van der Waals surface area (Å²) in [6.07, 6.45) is 0. The lowest BCUT2D eigenvalue weighted by Gasteiger charge is -2.16. The van der Waals surface area contributed by atoms with Gasteiger partial charge in [-0.25, -0.2) is 0 Å². The van der Waals surface area contributed by atoms with Crippen LogP contribution in [0.25, 0.3) is 0 Å². The molecule has 1 aromatic carbocycles. The second kappa shape index (κ2) is 5.34. The van der Waals surface area contributed by atoms with Gasteiger partial charge in [-0.1, -0.05) is 39.8 Å². The summed E-state index contributed by atoms with van der Waals surface area (Å²) in [6.45, 7) is 7.91. The summed E-state index contributed by atoms with van der Waals surface area (Å²) >= 11 is -0.0239. The van der Waals surface area contributed by atoms with Gasteiger partial charge in [0, 0.05) is 4.90 Å². The Labute approximate surface area is 105 Å². The van der Waals surface area contributed by atoms with Gasteiger partial charge in [0.05, 0.1) is 0 Å². The van der Waals surface area contributed by atoms with Crippen LogP contribution in [0.4, 0.5) is 13.2 Å². The summed E-state index contributed by atoms with van der Waals surface area (Å²) in [5.41, 5.74) is -2.36. The fourth-order valence-electron chi connectivity index (χ4n) is 1.59. The summed E-state index contributed by atoms with van der Waals surface area (Å²) in [7, 11) is 0. The van der Waals surface area contributed by atoms with Gasteiger partial charge in [0.2, 0.25) is 0 Å². The predicted octanol–water partition coefficient (Wildman–Crippen LogP) is 5.55. The SMILES string of the molecule is CC(C)c1ccc(SC(F)(F)F)c(C(C)C)c1. The molecule has 0 aliphatic carbocycles. The van der Waals surface area contributed by atoms with Crippen LogP contribution in [0.15, 0.2) is 23.1 Å². The fraction of sp³-hybridized carbons (Fsp3) is 0.538. The van der Waals surface area contributed by atoms with E-state index in [2.05, 4.69) is 0 Å². The normalized spacial score (nSPS) is 12.5. The molecule has 0 radical (unpaired) electrons. The first kappa shape index (κ1) is 14.4. The van der Waals surface area contributed by atoms with Crippen LogP contribution in [0, 0.1) is 0 Å². The highest BCUT2D eigenvalue weighted by atomic mass is 32.2. The number of halogens is 3. The number of rotatable bonds is 3. The lowest BCUT2D eigenvalue weighted by atomic mass is 9.96. The van der Waals surface area contributed by atoms with Crippen molar-refractivity contribution in [3.8, 4) is 0 Å². The fourth-order valence-corrected chi connectivity index (χ4v) is 2.39. The monoisotopic (exact) mass is 262 g/mol. The van der Waals surface area contributed by atoms with E-state index in [0.717, 1.165) is 11.1 Å². The molecule has 0 aromatic heterocycles. The van der Waals surface area contributed by atoms with Crippen molar-refractivity contribution in [3.63, 3.8) is 0 Å². The summed E-state index contributed by atoms with van der Waals surface area (Å²) in [5.74, 6) is 0.427. The molecule has 0 spiro atoms. The average molecular weight is 262 g/mol. The molecule has 0 saturated carbocycles. The smallest absolute Gasteiger partial charge is 0.160 e. The molecule has 0 fully saturated rings. The molecule has 17 heavy (non-hydrogen) atoms. The molecule has 0 N–H and O–H groups in total. The first-order valence-corrected chi connectivity index (χ1v) is 6.42. The van der Waals surface area contributed by atoms with E-state index in [1.54, 1.807) is 12.1 Å².